The zero-order valence-corrected chi connectivity index (χ0v) is 19.3. The molecule has 2 aromatic carbocycles. The van der Waals surface area contributed by atoms with Crippen LogP contribution in [0.15, 0.2) is 48.5 Å². The summed E-state index contributed by atoms with van der Waals surface area (Å²) in [5.74, 6) is -0.255. The van der Waals surface area contributed by atoms with Gasteiger partial charge in [0, 0.05) is 20.1 Å². The molecule has 2 aromatic rings. The molecule has 1 aliphatic carbocycles. The lowest BCUT2D eigenvalue weighted by atomic mass is 9.90. The van der Waals surface area contributed by atoms with E-state index in [4.69, 9.17) is 4.74 Å². The first kappa shape index (κ1) is 23.3. The first-order valence-electron chi connectivity index (χ1n) is 12.1. The SMILES string of the molecule is CN1CCCCCCN(C(=O)c2ccccc2F)[C@@H]2CCCC[C@@H]2Oc2ccccc2C1=O. The van der Waals surface area contributed by atoms with Crippen molar-refractivity contribution in [3.8, 4) is 5.75 Å². The van der Waals surface area contributed by atoms with Crippen LogP contribution in [0.2, 0.25) is 0 Å². The molecule has 33 heavy (non-hydrogen) atoms. The van der Waals surface area contributed by atoms with Crippen LogP contribution in [-0.4, -0.2) is 53.9 Å². The summed E-state index contributed by atoms with van der Waals surface area (Å²) in [6, 6.07) is 13.4. The number of rotatable bonds is 1. The van der Waals surface area contributed by atoms with Crippen molar-refractivity contribution >= 4 is 11.8 Å². The number of ether oxygens (including phenoxy) is 1. The summed E-state index contributed by atoms with van der Waals surface area (Å²) >= 11 is 0. The number of benzene rings is 2. The van der Waals surface area contributed by atoms with Crippen LogP contribution in [0.25, 0.3) is 0 Å². The Labute approximate surface area is 195 Å². The molecule has 2 atom stereocenters. The van der Waals surface area contributed by atoms with E-state index in [1.807, 2.05) is 30.1 Å². The minimum atomic E-state index is -0.492. The molecule has 5 nitrogen and oxygen atoms in total. The van der Waals surface area contributed by atoms with Crippen LogP contribution in [0.1, 0.15) is 72.1 Å². The third-order valence-electron chi connectivity index (χ3n) is 6.82. The summed E-state index contributed by atoms with van der Waals surface area (Å²) in [6.45, 7) is 1.26. The van der Waals surface area contributed by atoms with Gasteiger partial charge in [-0.2, -0.15) is 0 Å². The van der Waals surface area contributed by atoms with E-state index in [1.165, 1.54) is 6.07 Å². The van der Waals surface area contributed by atoms with Gasteiger partial charge in [0.25, 0.3) is 11.8 Å². The highest BCUT2D eigenvalue weighted by Gasteiger charge is 2.36. The fourth-order valence-corrected chi connectivity index (χ4v) is 4.98. The van der Waals surface area contributed by atoms with Crippen molar-refractivity contribution in [3.63, 3.8) is 0 Å². The van der Waals surface area contributed by atoms with Gasteiger partial charge in [0.1, 0.15) is 17.7 Å². The molecule has 176 valence electrons. The highest BCUT2D eigenvalue weighted by atomic mass is 19.1. The number of carbonyl (C=O) groups excluding carboxylic acids is 2. The quantitative estimate of drug-likeness (QED) is 0.590. The summed E-state index contributed by atoms with van der Waals surface area (Å²) in [5.41, 5.74) is 0.661. The number of hydrogen-bond acceptors (Lipinski definition) is 3. The van der Waals surface area contributed by atoms with Gasteiger partial charge in [-0.1, -0.05) is 43.5 Å². The highest BCUT2D eigenvalue weighted by molar-refractivity contribution is 5.97. The first-order chi connectivity index (χ1) is 16.1. The van der Waals surface area contributed by atoms with Crippen LogP contribution in [0.4, 0.5) is 4.39 Å². The standard InChI is InChI=1S/C27H33FN2O3/c1-29-18-10-2-3-11-19-30(27(32)20-12-4-6-14-22(20)28)23-15-7-9-17-25(23)33-24-16-8-5-13-21(24)26(29)31/h4-6,8,12-14,16,23,25H,2-3,7,9-11,15,17-19H2,1H3/t23-,25+/m1/s1. The van der Waals surface area contributed by atoms with Gasteiger partial charge in [-0.3, -0.25) is 9.59 Å². The van der Waals surface area contributed by atoms with E-state index in [0.29, 0.717) is 24.4 Å². The Morgan fingerprint density at radius 2 is 1.61 bits per heavy atom. The van der Waals surface area contributed by atoms with Crippen LogP contribution in [-0.2, 0) is 0 Å². The molecule has 1 fully saturated rings. The van der Waals surface area contributed by atoms with Crippen LogP contribution in [0.5, 0.6) is 5.75 Å². The van der Waals surface area contributed by atoms with Gasteiger partial charge in [-0.15, -0.1) is 0 Å². The number of nitrogens with zero attached hydrogens (tertiary/aromatic N) is 2. The molecule has 0 N–H and O–H groups in total. The number of fused-ring (bicyclic) bond motifs is 2. The minimum absolute atomic E-state index is 0.0469. The molecular formula is C27H33FN2O3. The molecule has 0 saturated heterocycles. The normalized spacial score (nSPS) is 22.5. The number of halogens is 1. The molecule has 6 heteroatoms. The second-order valence-electron chi connectivity index (χ2n) is 9.12. The molecule has 1 aliphatic heterocycles. The smallest absolute Gasteiger partial charge is 0.257 e. The number of carbonyl (C=O) groups is 2. The summed E-state index contributed by atoms with van der Waals surface area (Å²) in [4.78, 5) is 30.2. The Kier molecular flexibility index (Phi) is 7.63. The Balaban J connectivity index is 1.69. The zero-order valence-electron chi connectivity index (χ0n) is 19.3. The molecule has 2 aliphatic rings. The molecule has 0 radical (unpaired) electrons. The number of para-hydroxylation sites is 1. The summed E-state index contributed by atoms with van der Waals surface area (Å²) in [5, 5.41) is 0. The Hall–Kier alpha value is -2.89. The first-order valence-corrected chi connectivity index (χ1v) is 12.1. The minimum Gasteiger partial charge on any atom is -0.487 e. The lowest BCUT2D eigenvalue weighted by molar-refractivity contribution is 0.0264. The second kappa shape index (κ2) is 10.8. The van der Waals surface area contributed by atoms with Gasteiger partial charge in [0.05, 0.1) is 17.2 Å². The molecule has 2 amide bonds. The zero-order chi connectivity index (χ0) is 23.2. The number of amides is 2. The van der Waals surface area contributed by atoms with Crippen LogP contribution >= 0.6 is 0 Å². The van der Waals surface area contributed by atoms with E-state index in [0.717, 1.165) is 51.4 Å². The van der Waals surface area contributed by atoms with Crippen LogP contribution in [0.3, 0.4) is 0 Å². The van der Waals surface area contributed by atoms with Crippen molar-refractivity contribution in [1.82, 2.24) is 9.80 Å². The summed E-state index contributed by atoms with van der Waals surface area (Å²) < 4.78 is 21.0. The van der Waals surface area contributed by atoms with Crippen LogP contribution in [0, 0.1) is 5.82 Å². The van der Waals surface area contributed by atoms with E-state index in [1.54, 1.807) is 29.2 Å². The maximum atomic E-state index is 14.5. The fourth-order valence-electron chi connectivity index (χ4n) is 4.98. The average molecular weight is 453 g/mol. The van der Waals surface area contributed by atoms with Gasteiger partial charge in [0.2, 0.25) is 0 Å². The molecule has 0 spiro atoms. The maximum Gasteiger partial charge on any atom is 0.257 e. The Morgan fingerprint density at radius 3 is 2.42 bits per heavy atom. The van der Waals surface area contributed by atoms with Crippen molar-refractivity contribution in [2.45, 2.75) is 63.5 Å². The van der Waals surface area contributed by atoms with Crippen molar-refractivity contribution in [1.29, 1.82) is 0 Å². The summed E-state index contributed by atoms with van der Waals surface area (Å²) in [7, 11) is 1.84. The summed E-state index contributed by atoms with van der Waals surface area (Å²) in [6.07, 6.45) is 7.04. The fraction of sp³-hybridized carbons (Fsp3) is 0.481. The van der Waals surface area contributed by atoms with Gasteiger partial charge >= 0.3 is 0 Å². The van der Waals surface area contributed by atoms with Gasteiger partial charge in [-0.05, 0) is 56.4 Å². The lowest BCUT2D eigenvalue weighted by Gasteiger charge is -2.40. The predicted octanol–water partition coefficient (Wildman–Crippen LogP) is 5.30. The molecule has 1 heterocycles. The van der Waals surface area contributed by atoms with Crippen molar-refractivity contribution < 1.29 is 18.7 Å². The molecule has 0 unspecified atom stereocenters. The largest absolute Gasteiger partial charge is 0.487 e. The Morgan fingerprint density at radius 1 is 0.909 bits per heavy atom. The highest BCUT2D eigenvalue weighted by Crippen LogP contribution is 2.31. The third kappa shape index (κ3) is 5.37. The second-order valence-corrected chi connectivity index (χ2v) is 9.12. The van der Waals surface area contributed by atoms with Gasteiger partial charge in [0.15, 0.2) is 0 Å². The molecule has 0 aromatic heterocycles. The molecule has 0 bridgehead atoms. The average Bonchev–Trinajstić information content (AvgIpc) is 2.83. The van der Waals surface area contributed by atoms with E-state index in [9.17, 15) is 14.0 Å². The van der Waals surface area contributed by atoms with E-state index in [-0.39, 0.29) is 29.5 Å². The molecule has 1 saturated carbocycles. The molecular weight excluding hydrogens is 419 g/mol. The lowest BCUT2D eigenvalue weighted by Crippen LogP contribution is -2.51. The van der Waals surface area contributed by atoms with E-state index < -0.39 is 5.82 Å². The van der Waals surface area contributed by atoms with Gasteiger partial charge < -0.3 is 14.5 Å². The van der Waals surface area contributed by atoms with E-state index in [2.05, 4.69) is 0 Å². The molecule has 4 rings (SSSR count). The third-order valence-corrected chi connectivity index (χ3v) is 6.82. The van der Waals surface area contributed by atoms with Crippen LogP contribution < -0.4 is 4.74 Å². The topological polar surface area (TPSA) is 49.9 Å². The van der Waals surface area contributed by atoms with Crippen molar-refractivity contribution in [2.24, 2.45) is 0 Å². The van der Waals surface area contributed by atoms with Crippen molar-refractivity contribution in [2.75, 3.05) is 20.1 Å². The Bertz CT molecular complexity index is 979. The maximum absolute atomic E-state index is 14.5. The van der Waals surface area contributed by atoms with Gasteiger partial charge in [-0.25, -0.2) is 4.39 Å². The predicted molar refractivity (Wildman–Crippen MR) is 126 cm³/mol. The monoisotopic (exact) mass is 452 g/mol. The van der Waals surface area contributed by atoms with E-state index >= 15 is 0 Å². The van der Waals surface area contributed by atoms with Crippen molar-refractivity contribution in [3.05, 3.63) is 65.5 Å². The number of hydrogen-bond donors (Lipinski definition) is 0.